The Kier molecular flexibility index (Phi) is 5.96. The zero-order valence-electron chi connectivity index (χ0n) is 21.3. The van der Waals surface area contributed by atoms with E-state index in [1.54, 1.807) is 24.4 Å². The van der Waals surface area contributed by atoms with Crippen LogP contribution >= 0.6 is 0 Å². The number of hydrogen-bond acceptors (Lipinski definition) is 5. The van der Waals surface area contributed by atoms with Gasteiger partial charge in [-0.25, -0.2) is 14.6 Å². The fourth-order valence-electron chi connectivity index (χ4n) is 5.13. The molecule has 0 unspecified atom stereocenters. The molecule has 5 aromatic rings. The number of phenolic OH excluding ortho intramolecular Hbond substituents is 1. The number of phenols is 1. The van der Waals surface area contributed by atoms with Crippen LogP contribution in [0.15, 0.2) is 95.7 Å². The first-order valence-electron chi connectivity index (χ1n) is 12.6. The van der Waals surface area contributed by atoms with Crippen LogP contribution in [0.1, 0.15) is 31.0 Å². The Morgan fingerprint density at radius 2 is 1.84 bits per heavy atom. The van der Waals surface area contributed by atoms with E-state index in [1.165, 1.54) is 11.9 Å². The van der Waals surface area contributed by atoms with Crippen molar-refractivity contribution >= 4 is 27.5 Å². The molecule has 1 aliphatic carbocycles. The van der Waals surface area contributed by atoms with Gasteiger partial charge in [-0.15, -0.1) is 0 Å². The molecule has 0 fully saturated rings. The van der Waals surface area contributed by atoms with Crippen LogP contribution in [0.25, 0.3) is 38.8 Å². The van der Waals surface area contributed by atoms with E-state index in [0.717, 1.165) is 51.5 Å². The number of nitrogens with zero attached hydrogens (tertiary/aromatic N) is 5. The molecule has 6 rings (SSSR count). The van der Waals surface area contributed by atoms with Crippen molar-refractivity contribution in [1.82, 2.24) is 24.3 Å². The van der Waals surface area contributed by atoms with Crippen molar-refractivity contribution in [3.63, 3.8) is 0 Å². The summed E-state index contributed by atoms with van der Waals surface area (Å²) in [4.78, 5) is 22.8. The molecule has 0 saturated heterocycles. The topological polar surface area (TPSA) is 85.8 Å². The van der Waals surface area contributed by atoms with E-state index in [9.17, 15) is 9.90 Å². The first kappa shape index (κ1) is 23.6. The van der Waals surface area contributed by atoms with E-state index >= 15 is 0 Å². The smallest absolute Gasteiger partial charge is 0.263 e. The molecule has 3 heterocycles. The lowest BCUT2D eigenvalue weighted by Crippen LogP contribution is -2.25. The van der Waals surface area contributed by atoms with Crippen LogP contribution in [0, 0.1) is 6.92 Å². The van der Waals surface area contributed by atoms with Crippen LogP contribution in [0.2, 0.25) is 0 Å². The van der Waals surface area contributed by atoms with Gasteiger partial charge in [0.1, 0.15) is 17.8 Å². The van der Waals surface area contributed by atoms with E-state index in [1.807, 2.05) is 58.7 Å². The fraction of sp³-hybridized carbons (Fsp3) is 0.161. The van der Waals surface area contributed by atoms with Gasteiger partial charge in [0.2, 0.25) is 0 Å². The average molecular weight is 502 g/mol. The second-order valence-corrected chi connectivity index (χ2v) is 9.69. The van der Waals surface area contributed by atoms with Gasteiger partial charge in [-0.2, -0.15) is 5.10 Å². The minimum Gasteiger partial charge on any atom is -0.508 e. The highest BCUT2D eigenvalue weighted by atomic mass is 16.3. The predicted octanol–water partition coefficient (Wildman–Crippen LogP) is 6.01. The Labute approximate surface area is 219 Å². The molecule has 1 N–H and O–H groups in total. The Bertz CT molecular complexity index is 1860. The normalized spacial score (nSPS) is 17.4. The van der Waals surface area contributed by atoms with Crippen LogP contribution in [0.4, 0.5) is 0 Å². The van der Waals surface area contributed by atoms with Crippen LogP contribution in [0.5, 0.6) is 5.75 Å². The van der Waals surface area contributed by atoms with Crippen LogP contribution in [-0.4, -0.2) is 29.4 Å². The van der Waals surface area contributed by atoms with E-state index in [4.69, 9.17) is 5.10 Å². The van der Waals surface area contributed by atoms with Gasteiger partial charge in [0, 0.05) is 23.2 Å². The number of allylic oxidation sites excluding steroid dienone is 6. The number of aryl methyl sites for hydroxylation is 1. The number of pyridine rings is 1. The minimum absolute atomic E-state index is 0.0308. The molecule has 38 heavy (non-hydrogen) atoms. The van der Waals surface area contributed by atoms with Crippen molar-refractivity contribution in [2.24, 2.45) is 0 Å². The van der Waals surface area contributed by atoms with Gasteiger partial charge in [-0.1, -0.05) is 54.1 Å². The first-order chi connectivity index (χ1) is 18.5. The van der Waals surface area contributed by atoms with Crippen LogP contribution < -0.4 is 5.56 Å². The number of benzene rings is 2. The monoisotopic (exact) mass is 501 g/mol. The summed E-state index contributed by atoms with van der Waals surface area (Å²) < 4.78 is 3.66. The summed E-state index contributed by atoms with van der Waals surface area (Å²) in [6.07, 6.45) is 13.0. The molecular formula is C31H27N5O2. The molecule has 0 amide bonds. The molecule has 7 nitrogen and oxygen atoms in total. The zero-order valence-corrected chi connectivity index (χ0v) is 21.3. The summed E-state index contributed by atoms with van der Waals surface area (Å²) in [5.74, 6) is 0.161. The first-order valence-corrected chi connectivity index (χ1v) is 12.6. The third-order valence-corrected chi connectivity index (χ3v) is 7.02. The maximum atomic E-state index is 14.1. The summed E-state index contributed by atoms with van der Waals surface area (Å²) in [5, 5.41) is 17.4. The lowest BCUT2D eigenvalue weighted by Gasteiger charge is -2.19. The highest BCUT2D eigenvalue weighted by Gasteiger charge is 2.19. The van der Waals surface area contributed by atoms with Gasteiger partial charge in [0.05, 0.1) is 17.3 Å². The van der Waals surface area contributed by atoms with Crippen molar-refractivity contribution in [3.05, 3.63) is 113 Å². The van der Waals surface area contributed by atoms with Gasteiger partial charge in [0.25, 0.3) is 5.56 Å². The maximum Gasteiger partial charge on any atom is 0.263 e. The summed E-state index contributed by atoms with van der Waals surface area (Å²) >= 11 is 0. The highest BCUT2D eigenvalue weighted by Crippen LogP contribution is 2.30. The second kappa shape index (κ2) is 9.59. The fourth-order valence-corrected chi connectivity index (χ4v) is 5.13. The molecule has 0 bridgehead atoms. The SMILES string of the molecule is C/C1=C/C=C\C=C(\n2c(Cn3nc(-c4cccc(O)c4)c4cncnc43)cc3cccc(C)c3c2=O)CC1. The Morgan fingerprint density at radius 1 is 1.00 bits per heavy atom. The van der Waals surface area contributed by atoms with Gasteiger partial charge in [-0.3, -0.25) is 9.36 Å². The van der Waals surface area contributed by atoms with Gasteiger partial charge >= 0.3 is 0 Å². The molecule has 7 heteroatoms. The number of fused-ring (bicyclic) bond motifs is 2. The number of aromatic hydroxyl groups is 1. The Morgan fingerprint density at radius 3 is 2.71 bits per heavy atom. The highest BCUT2D eigenvalue weighted by molar-refractivity contribution is 5.91. The predicted molar refractivity (Wildman–Crippen MR) is 151 cm³/mol. The van der Waals surface area contributed by atoms with Crippen LogP contribution in [0.3, 0.4) is 0 Å². The molecule has 0 spiro atoms. The van der Waals surface area contributed by atoms with Crippen molar-refractivity contribution < 1.29 is 5.11 Å². The van der Waals surface area contributed by atoms with E-state index in [2.05, 4.69) is 29.0 Å². The standard InChI is InChI=1S/C31H27N5O2/c1-20-7-3-4-11-24(14-13-20)36-25(15-22-9-5-8-21(2)28(22)31(36)38)18-35-30-27(17-32-19-33-30)29(34-35)23-10-6-12-26(37)16-23/h3-12,15-17,19,37H,13-14,18H2,1-2H3/b4-3-,20-7-,24-11+. The number of hydrogen-bond donors (Lipinski definition) is 1. The maximum absolute atomic E-state index is 14.1. The molecular weight excluding hydrogens is 474 g/mol. The molecule has 0 saturated carbocycles. The molecule has 188 valence electrons. The Hall–Kier alpha value is -4.78. The van der Waals surface area contributed by atoms with E-state index in [-0.39, 0.29) is 11.3 Å². The molecule has 0 atom stereocenters. The zero-order chi connectivity index (χ0) is 26.2. The number of aromatic nitrogens is 5. The molecule has 2 aromatic carbocycles. The Balaban J connectivity index is 1.56. The van der Waals surface area contributed by atoms with Crippen molar-refractivity contribution in [2.45, 2.75) is 33.2 Å². The molecule has 0 aliphatic heterocycles. The minimum atomic E-state index is -0.0308. The second-order valence-electron chi connectivity index (χ2n) is 9.69. The molecule has 1 aliphatic rings. The van der Waals surface area contributed by atoms with Gasteiger partial charge < -0.3 is 5.11 Å². The average Bonchev–Trinajstić information content (AvgIpc) is 3.26. The number of rotatable bonds is 4. The lowest BCUT2D eigenvalue weighted by atomic mass is 10.0. The lowest BCUT2D eigenvalue weighted by molar-refractivity contribution is 0.475. The molecule has 3 aromatic heterocycles. The van der Waals surface area contributed by atoms with Crippen molar-refractivity contribution in [1.29, 1.82) is 0 Å². The quantitative estimate of drug-likeness (QED) is 0.326. The summed E-state index contributed by atoms with van der Waals surface area (Å²) in [5.41, 5.74) is 6.06. The van der Waals surface area contributed by atoms with E-state index < -0.39 is 0 Å². The summed E-state index contributed by atoms with van der Waals surface area (Å²) in [7, 11) is 0. The van der Waals surface area contributed by atoms with Crippen LogP contribution in [-0.2, 0) is 6.54 Å². The largest absolute Gasteiger partial charge is 0.508 e. The third kappa shape index (κ3) is 4.22. The third-order valence-electron chi connectivity index (χ3n) is 7.02. The molecule has 0 radical (unpaired) electrons. The van der Waals surface area contributed by atoms with Crippen molar-refractivity contribution in [2.75, 3.05) is 0 Å². The van der Waals surface area contributed by atoms with Gasteiger partial charge in [0.15, 0.2) is 5.65 Å². The van der Waals surface area contributed by atoms with Crippen molar-refractivity contribution in [3.8, 4) is 17.0 Å². The summed E-state index contributed by atoms with van der Waals surface area (Å²) in [6.45, 7) is 4.42. The van der Waals surface area contributed by atoms with E-state index in [0.29, 0.717) is 17.9 Å². The summed E-state index contributed by atoms with van der Waals surface area (Å²) in [6, 6.07) is 15.0. The van der Waals surface area contributed by atoms with Gasteiger partial charge in [-0.05, 0) is 61.9 Å².